The van der Waals surface area contributed by atoms with Crippen molar-refractivity contribution in [2.45, 2.75) is 51.1 Å². The van der Waals surface area contributed by atoms with Gasteiger partial charge in [-0.15, -0.1) is 0 Å². The van der Waals surface area contributed by atoms with Crippen LogP contribution in [-0.4, -0.2) is 21.1 Å². The number of para-hydroxylation sites is 2. The van der Waals surface area contributed by atoms with E-state index in [1.54, 1.807) is 16.2 Å². The number of carbonyl (C=O) groups is 1. The molecule has 0 radical (unpaired) electrons. The summed E-state index contributed by atoms with van der Waals surface area (Å²) < 4.78 is 3.15. The van der Waals surface area contributed by atoms with Crippen molar-refractivity contribution >= 4 is 16.9 Å². The lowest BCUT2D eigenvalue weighted by molar-refractivity contribution is -0.122. The number of aromatic nitrogens is 2. The fraction of sp³-hybridized carbons (Fsp3) is 0.529. The van der Waals surface area contributed by atoms with E-state index in [9.17, 15) is 9.59 Å². The minimum atomic E-state index is -0.141. The zero-order valence-corrected chi connectivity index (χ0v) is 13.0. The molecule has 1 N–H and O–H groups in total. The van der Waals surface area contributed by atoms with E-state index in [2.05, 4.69) is 5.32 Å². The summed E-state index contributed by atoms with van der Waals surface area (Å²) in [4.78, 5) is 24.6. The van der Waals surface area contributed by atoms with Crippen LogP contribution in [0.1, 0.15) is 38.5 Å². The summed E-state index contributed by atoms with van der Waals surface area (Å²) in [7, 11) is 1.74. The number of rotatable bonds is 3. The van der Waals surface area contributed by atoms with Crippen molar-refractivity contribution in [3.05, 3.63) is 34.7 Å². The van der Waals surface area contributed by atoms with E-state index in [1.165, 1.54) is 25.7 Å². The molecule has 1 aromatic carbocycles. The van der Waals surface area contributed by atoms with Crippen LogP contribution in [0.15, 0.2) is 29.1 Å². The highest BCUT2D eigenvalue weighted by Gasteiger charge is 2.17. The van der Waals surface area contributed by atoms with Gasteiger partial charge in [-0.1, -0.05) is 37.8 Å². The van der Waals surface area contributed by atoms with Gasteiger partial charge in [0.1, 0.15) is 6.54 Å². The van der Waals surface area contributed by atoms with Crippen LogP contribution in [0.3, 0.4) is 0 Å². The molecule has 2 aromatic rings. The third kappa shape index (κ3) is 2.93. The molecule has 1 fully saturated rings. The van der Waals surface area contributed by atoms with Crippen molar-refractivity contribution in [2.75, 3.05) is 0 Å². The van der Waals surface area contributed by atoms with Gasteiger partial charge in [-0.2, -0.15) is 0 Å². The number of imidazole rings is 1. The highest BCUT2D eigenvalue weighted by atomic mass is 16.2. The van der Waals surface area contributed by atoms with E-state index < -0.39 is 0 Å². The second kappa shape index (κ2) is 6.38. The van der Waals surface area contributed by atoms with Gasteiger partial charge in [0, 0.05) is 13.1 Å². The van der Waals surface area contributed by atoms with E-state index in [0.717, 1.165) is 23.9 Å². The van der Waals surface area contributed by atoms with Gasteiger partial charge in [-0.3, -0.25) is 13.9 Å². The quantitative estimate of drug-likeness (QED) is 0.883. The Morgan fingerprint density at radius 2 is 1.77 bits per heavy atom. The minimum Gasteiger partial charge on any atom is -0.352 e. The number of nitrogens with one attached hydrogen (secondary N) is 1. The van der Waals surface area contributed by atoms with Gasteiger partial charge >= 0.3 is 5.69 Å². The smallest absolute Gasteiger partial charge is 0.329 e. The molecule has 5 nitrogen and oxygen atoms in total. The van der Waals surface area contributed by atoms with E-state index >= 15 is 0 Å². The van der Waals surface area contributed by atoms with E-state index in [1.807, 2.05) is 24.3 Å². The molecule has 22 heavy (non-hydrogen) atoms. The van der Waals surface area contributed by atoms with Gasteiger partial charge in [0.2, 0.25) is 5.91 Å². The molecule has 0 spiro atoms. The molecule has 1 aliphatic rings. The standard InChI is InChI=1S/C17H23N3O2/c1-19-14-10-6-7-11-15(14)20(17(19)22)12-16(21)18-13-8-4-2-3-5-9-13/h6-7,10-11,13H,2-5,8-9,12H2,1H3,(H,18,21). The molecule has 3 rings (SSSR count). The third-order valence-corrected chi connectivity index (χ3v) is 4.57. The summed E-state index contributed by atoms with van der Waals surface area (Å²) in [6.45, 7) is 0.0939. The Morgan fingerprint density at radius 1 is 1.14 bits per heavy atom. The van der Waals surface area contributed by atoms with Gasteiger partial charge in [-0.25, -0.2) is 4.79 Å². The van der Waals surface area contributed by atoms with Gasteiger partial charge < -0.3 is 5.32 Å². The molecule has 5 heteroatoms. The van der Waals surface area contributed by atoms with Crippen LogP contribution in [0.4, 0.5) is 0 Å². The Hall–Kier alpha value is -2.04. The molecular formula is C17H23N3O2. The van der Waals surface area contributed by atoms with Gasteiger partial charge in [-0.05, 0) is 25.0 Å². The fourth-order valence-electron chi connectivity index (χ4n) is 3.36. The second-order valence-corrected chi connectivity index (χ2v) is 6.17. The van der Waals surface area contributed by atoms with Gasteiger partial charge in [0.25, 0.3) is 0 Å². The van der Waals surface area contributed by atoms with Crippen LogP contribution in [0.25, 0.3) is 11.0 Å². The number of aryl methyl sites for hydroxylation is 1. The second-order valence-electron chi connectivity index (χ2n) is 6.17. The summed E-state index contributed by atoms with van der Waals surface area (Å²) >= 11 is 0. The first kappa shape index (κ1) is 14.9. The number of amides is 1. The molecule has 0 atom stereocenters. The summed E-state index contributed by atoms with van der Waals surface area (Å²) in [5.74, 6) is -0.0645. The fourth-order valence-corrected chi connectivity index (χ4v) is 3.36. The van der Waals surface area contributed by atoms with Crippen molar-refractivity contribution in [2.24, 2.45) is 7.05 Å². The van der Waals surface area contributed by atoms with Crippen molar-refractivity contribution in [1.82, 2.24) is 14.5 Å². The maximum absolute atomic E-state index is 12.3. The van der Waals surface area contributed by atoms with Crippen LogP contribution in [0.2, 0.25) is 0 Å². The van der Waals surface area contributed by atoms with Crippen molar-refractivity contribution < 1.29 is 4.79 Å². The van der Waals surface area contributed by atoms with E-state index in [-0.39, 0.29) is 24.2 Å². The van der Waals surface area contributed by atoms with E-state index in [0.29, 0.717) is 0 Å². The zero-order valence-electron chi connectivity index (χ0n) is 13.0. The number of benzene rings is 1. The van der Waals surface area contributed by atoms with E-state index in [4.69, 9.17) is 0 Å². The van der Waals surface area contributed by atoms with Crippen LogP contribution >= 0.6 is 0 Å². The average molecular weight is 301 g/mol. The highest BCUT2D eigenvalue weighted by Crippen LogP contribution is 2.17. The minimum absolute atomic E-state index is 0.0645. The summed E-state index contributed by atoms with van der Waals surface area (Å²) in [5.41, 5.74) is 1.53. The molecule has 0 unspecified atom stereocenters. The molecule has 1 aromatic heterocycles. The SMILES string of the molecule is Cn1c(=O)n(CC(=O)NC2CCCCCC2)c2ccccc21. The van der Waals surface area contributed by atoms with Gasteiger partial charge in [0.05, 0.1) is 11.0 Å². The summed E-state index contributed by atoms with van der Waals surface area (Å²) in [6, 6.07) is 7.84. The summed E-state index contributed by atoms with van der Waals surface area (Å²) in [6.07, 6.45) is 6.98. The Bertz CT molecular complexity index is 721. The lowest BCUT2D eigenvalue weighted by Gasteiger charge is -2.16. The highest BCUT2D eigenvalue weighted by molar-refractivity contribution is 5.81. The summed E-state index contributed by atoms with van der Waals surface area (Å²) in [5, 5.41) is 3.10. The van der Waals surface area contributed by atoms with Crippen molar-refractivity contribution in [3.63, 3.8) is 0 Å². The Morgan fingerprint density at radius 3 is 2.45 bits per heavy atom. The van der Waals surface area contributed by atoms with Crippen molar-refractivity contribution in [3.8, 4) is 0 Å². The first-order valence-corrected chi connectivity index (χ1v) is 8.10. The van der Waals surface area contributed by atoms with Crippen LogP contribution in [0.5, 0.6) is 0 Å². The first-order chi connectivity index (χ1) is 10.7. The van der Waals surface area contributed by atoms with Crippen molar-refractivity contribution in [1.29, 1.82) is 0 Å². The number of carbonyl (C=O) groups excluding carboxylic acids is 1. The third-order valence-electron chi connectivity index (χ3n) is 4.57. The lowest BCUT2D eigenvalue weighted by atomic mass is 10.1. The van der Waals surface area contributed by atoms with Gasteiger partial charge in [0.15, 0.2) is 0 Å². The molecule has 1 saturated carbocycles. The molecule has 0 aliphatic heterocycles. The molecule has 0 saturated heterocycles. The van der Waals surface area contributed by atoms with Crippen LogP contribution in [-0.2, 0) is 18.4 Å². The molecule has 118 valence electrons. The predicted molar refractivity (Wildman–Crippen MR) is 86.8 cm³/mol. The average Bonchev–Trinajstić information content (AvgIpc) is 2.72. The number of nitrogens with zero attached hydrogens (tertiary/aromatic N) is 2. The predicted octanol–water partition coefficient (Wildman–Crippen LogP) is 2.18. The first-order valence-electron chi connectivity index (χ1n) is 8.10. The topological polar surface area (TPSA) is 56.0 Å². The largest absolute Gasteiger partial charge is 0.352 e. The molecular weight excluding hydrogens is 278 g/mol. The maximum Gasteiger partial charge on any atom is 0.329 e. The Labute approximate surface area is 129 Å². The normalized spacial score (nSPS) is 16.6. The monoisotopic (exact) mass is 301 g/mol. The number of hydrogen-bond donors (Lipinski definition) is 1. The van der Waals surface area contributed by atoms with Crippen LogP contribution < -0.4 is 11.0 Å². The zero-order chi connectivity index (χ0) is 15.5. The lowest BCUT2D eigenvalue weighted by Crippen LogP contribution is -2.38. The Balaban J connectivity index is 1.76. The molecule has 1 aliphatic carbocycles. The maximum atomic E-state index is 12.3. The molecule has 1 heterocycles. The Kier molecular flexibility index (Phi) is 4.32. The number of fused-ring (bicyclic) bond motifs is 1. The molecule has 1 amide bonds. The van der Waals surface area contributed by atoms with Crippen LogP contribution in [0, 0.1) is 0 Å². The molecule has 0 bridgehead atoms. The number of hydrogen-bond acceptors (Lipinski definition) is 2.